The highest BCUT2D eigenvalue weighted by molar-refractivity contribution is 5.58. The Morgan fingerprint density at radius 3 is 2.97 bits per heavy atom. The van der Waals surface area contributed by atoms with Gasteiger partial charge in [-0.15, -0.1) is 5.10 Å². The molecule has 0 aromatic carbocycles. The SMILES string of the molecule is Cc1cc(CN2CCCC2CN(C)c2nc(N)cc3nc(-c4ccco4)nn23)no1. The summed E-state index contributed by atoms with van der Waals surface area (Å²) < 4.78 is 12.4. The van der Waals surface area contributed by atoms with E-state index in [0.717, 1.165) is 43.9 Å². The number of likely N-dealkylation sites (tertiary alicyclic amines) is 1. The normalized spacial score (nSPS) is 17.2. The zero-order valence-corrected chi connectivity index (χ0v) is 17.0. The van der Waals surface area contributed by atoms with E-state index in [2.05, 4.69) is 30.0 Å². The van der Waals surface area contributed by atoms with E-state index in [1.54, 1.807) is 16.8 Å². The average Bonchev–Trinajstić information content (AvgIpc) is 3.49. The lowest BCUT2D eigenvalue weighted by Gasteiger charge is -2.28. The molecule has 4 aromatic heterocycles. The van der Waals surface area contributed by atoms with Crippen molar-refractivity contribution in [3.8, 4) is 11.6 Å². The summed E-state index contributed by atoms with van der Waals surface area (Å²) in [5.74, 6) is 3.01. The third-order valence-electron chi connectivity index (χ3n) is 5.44. The van der Waals surface area contributed by atoms with E-state index in [1.807, 2.05) is 32.2 Å². The zero-order valence-electron chi connectivity index (χ0n) is 17.0. The Kier molecular flexibility index (Phi) is 4.62. The Hall–Kier alpha value is -3.40. The Morgan fingerprint density at radius 2 is 2.20 bits per heavy atom. The monoisotopic (exact) mass is 408 g/mol. The predicted octanol–water partition coefficient (Wildman–Crippen LogP) is 2.36. The number of fused-ring (bicyclic) bond motifs is 1. The maximum atomic E-state index is 6.06. The molecule has 1 atom stereocenters. The van der Waals surface area contributed by atoms with Gasteiger partial charge in [-0.1, -0.05) is 5.16 Å². The summed E-state index contributed by atoms with van der Waals surface area (Å²) in [6, 6.07) is 7.72. The molecule has 1 fully saturated rings. The Bertz CT molecular complexity index is 1150. The fraction of sp³-hybridized carbons (Fsp3) is 0.400. The quantitative estimate of drug-likeness (QED) is 0.513. The second-order valence-corrected chi connectivity index (χ2v) is 7.74. The number of anilines is 2. The van der Waals surface area contributed by atoms with Crippen LogP contribution in [-0.4, -0.2) is 55.8 Å². The molecule has 30 heavy (non-hydrogen) atoms. The molecule has 1 saturated heterocycles. The molecule has 0 saturated carbocycles. The van der Waals surface area contributed by atoms with E-state index in [4.69, 9.17) is 14.7 Å². The summed E-state index contributed by atoms with van der Waals surface area (Å²) in [5, 5.41) is 8.74. The fourth-order valence-corrected chi connectivity index (χ4v) is 4.06. The van der Waals surface area contributed by atoms with Gasteiger partial charge in [0.25, 0.3) is 0 Å². The summed E-state index contributed by atoms with van der Waals surface area (Å²) >= 11 is 0. The van der Waals surface area contributed by atoms with E-state index in [1.165, 1.54) is 0 Å². The highest BCUT2D eigenvalue weighted by atomic mass is 16.5. The van der Waals surface area contributed by atoms with Gasteiger partial charge in [0, 0.05) is 38.3 Å². The van der Waals surface area contributed by atoms with Gasteiger partial charge in [0.05, 0.1) is 12.0 Å². The van der Waals surface area contributed by atoms with Gasteiger partial charge >= 0.3 is 0 Å². The first-order valence-corrected chi connectivity index (χ1v) is 10.0. The van der Waals surface area contributed by atoms with Crippen LogP contribution in [0.4, 0.5) is 11.8 Å². The average molecular weight is 408 g/mol. The van der Waals surface area contributed by atoms with Crippen LogP contribution in [0.5, 0.6) is 0 Å². The number of nitrogen functional groups attached to an aromatic ring is 1. The van der Waals surface area contributed by atoms with Gasteiger partial charge in [0.1, 0.15) is 11.6 Å². The van der Waals surface area contributed by atoms with Crippen LogP contribution < -0.4 is 10.6 Å². The zero-order chi connectivity index (χ0) is 20.7. The lowest BCUT2D eigenvalue weighted by Crippen LogP contribution is -2.39. The number of nitrogens with two attached hydrogens (primary N) is 1. The van der Waals surface area contributed by atoms with Crippen molar-refractivity contribution < 1.29 is 8.94 Å². The van der Waals surface area contributed by atoms with E-state index in [-0.39, 0.29) is 0 Å². The van der Waals surface area contributed by atoms with E-state index >= 15 is 0 Å². The standard InChI is InChI=1S/C20H24N8O2/c1-13-9-14(25-30-13)11-27-7-3-5-15(27)12-26(2)20-22-17(21)10-18-23-19(24-28(18)20)16-6-4-8-29-16/h4,6,8-10,15H,3,5,7,11-12,21H2,1-2H3. The predicted molar refractivity (Wildman–Crippen MR) is 111 cm³/mol. The van der Waals surface area contributed by atoms with Crippen molar-refractivity contribution in [2.24, 2.45) is 0 Å². The number of aromatic nitrogens is 5. The second kappa shape index (κ2) is 7.45. The third kappa shape index (κ3) is 3.50. The van der Waals surface area contributed by atoms with Crippen LogP contribution in [0.15, 0.2) is 39.5 Å². The van der Waals surface area contributed by atoms with E-state index in [9.17, 15) is 0 Å². The molecule has 0 bridgehead atoms. The lowest BCUT2D eigenvalue weighted by atomic mass is 10.2. The van der Waals surface area contributed by atoms with Crippen molar-refractivity contribution in [1.29, 1.82) is 0 Å². The number of aryl methyl sites for hydroxylation is 1. The molecular formula is C20H24N8O2. The van der Waals surface area contributed by atoms with Crippen LogP contribution in [0.1, 0.15) is 24.3 Å². The van der Waals surface area contributed by atoms with Crippen molar-refractivity contribution in [2.45, 2.75) is 32.4 Å². The molecule has 0 aliphatic carbocycles. The number of hydrogen-bond donors (Lipinski definition) is 1. The first-order valence-electron chi connectivity index (χ1n) is 10.0. The molecule has 5 heterocycles. The number of furan rings is 1. The molecule has 0 spiro atoms. The number of likely N-dealkylation sites (N-methyl/N-ethyl adjacent to an activating group) is 1. The van der Waals surface area contributed by atoms with Crippen LogP contribution in [0.3, 0.4) is 0 Å². The van der Waals surface area contributed by atoms with Gasteiger partial charge in [-0.2, -0.15) is 9.50 Å². The smallest absolute Gasteiger partial charge is 0.230 e. The topological polar surface area (TPSA) is 115 Å². The number of rotatable bonds is 6. The summed E-state index contributed by atoms with van der Waals surface area (Å²) in [5.41, 5.74) is 7.66. The van der Waals surface area contributed by atoms with Crippen LogP contribution in [0.25, 0.3) is 17.2 Å². The minimum absolute atomic E-state index is 0.373. The first-order chi connectivity index (χ1) is 14.6. The molecular weight excluding hydrogens is 384 g/mol. The molecule has 156 valence electrons. The molecule has 2 N–H and O–H groups in total. The molecule has 0 radical (unpaired) electrons. The second-order valence-electron chi connectivity index (χ2n) is 7.74. The Balaban J connectivity index is 1.39. The van der Waals surface area contributed by atoms with Crippen molar-refractivity contribution in [1.82, 2.24) is 29.6 Å². The molecule has 10 heteroatoms. The molecule has 1 aliphatic heterocycles. The molecule has 1 unspecified atom stereocenters. The van der Waals surface area contributed by atoms with Crippen molar-refractivity contribution in [3.05, 3.63) is 42.0 Å². The fourth-order valence-electron chi connectivity index (χ4n) is 4.06. The van der Waals surface area contributed by atoms with Gasteiger partial charge in [-0.05, 0) is 38.4 Å². The third-order valence-corrected chi connectivity index (χ3v) is 5.44. The summed E-state index contributed by atoms with van der Waals surface area (Å²) in [7, 11) is 2.01. The molecule has 0 amide bonds. The Morgan fingerprint density at radius 1 is 1.30 bits per heavy atom. The van der Waals surface area contributed by atoms with E-state index in [0.29, 0.717) is 35.0 Å². The highest BCUT2D eigenvalue weighted by Crippen LogP contribution is 2.24. The summed E-state index contributed by atoms with van der Waals surface area (Å²) in [4.78, 5) is 13.6. The number of nitrogens with zero attached hydrogens (tertiary/aromatic N) is 7. The lowest BCUT2D eigenvalue weighted by molar-refractivity contribution is 0.239. The summed E-state index contributed by atoms with van der Waals surface area (Å²) in [6.07, 6.45) is 3.87. The maximum Gasteiger partial charge on any atom is 0.230 e. The largest absolute Gasteiger partial charge is 0.461 e. The van der Waals surface area contributed by atoms with Crippen LogP contribution in [0.2, 0.25) is 0 Å². The minimum atomic E-state index is 0.373. The van der Waals surface area contributed by atoms with Gasteiger partial charge < -0.3 is 19.6 Å². The molecule has 10 nitrogen and oxygen atoms in total. The van der Waals surface area contributed by atoms with Crippen LogP contribution in [-0.2, 0) is 6.54 Å². The molecule has 1 aliphatic rings. The highest BCUT2D eigenvalue weighted by Gasteiger charge is 2.28. The van der Waals surface area contributed by atoms with E-state index < -0.39 is 0 Å². The van der Waals surface area contributed by atoms with Crippen molar-refractivity contribution in [2.75, 3.05) is 30.8 Å². The first kappa shape index (κ1) is 18.6. The minimum Gasteiger partial charge on any atom is -0.461 e. The molecule has 4 aromatic rings. The van der Waals surface area contributed by atoms with Gasteiger partial charge in [-0.25, -0.2) is 4.98 Å². The van der Waals surface area contributed by atoms with Gasteiger partial charge in [-0.3, -0.25) is 4.90 Å². The van der Waals surface area contributed by atoms with Gasteiger partial charge in [0.15, 0.2) is 11.4 Å². The number of hydrogen-bond acceptors (Lipinski definition) is 9. The van der Waals surface area contributed by atoms with Gasteiger partial charge in [0.2, 0.25) is 11.8 Å². The maximum absolute atomic E-state index is 6.06. The summed E-state index contributed by atoms with van der Waals surface area (Å²) in [6.45, 7) is 4.52. The van der Waals surface area contributed by atoms with Crippen LogP contribution in [0, 0.1) is 6.92 Å². The Labute approximate surface area is 173 Å². The molecule has 5 rings (SSSR count). The van der Waals surface area contributed by atoms with Crippen LogP contribution >= 0.6 is 0 Å². The van der Waals surface area contributed by atoms with Crippen molar-refractivity contribution in [3.63, 3.8) is 0 Å². The van der Waals surface area contributed by atoms with Crippen molar-refractivity contribution >= 4 is 17.4 Å².